The fraction of sp³-hybridized carbons (Fsp3) is 0.538. The number of hydrogen-bond donors (Lipinski definition) is 1. The monoisotopic (exact) mass is 247 g/mol. The predicted molar refractivity (Wildman–Crippen MR) is 70.6 cm³/mol. The second kappa shape index (κ2) is 4.15. The van der Waals surface area contributed by atoms with Gasteiger partial charge in [-0.25, -0.2) is 0 Å². The van der Waals surface area contributed by atoms with Gasteiger partial charge in [0.2, 0.25) is 0 Å². The molecule has 2 aliphatic carbocycles. The average Bonchev–Trinajstić information content (AvgIpc) is 3.18. The topological polar surface area (TPSA) is 72.4 Å². The van der Waals surface area contributed by atoms with E-state index in [0.717, 1.165) is 18.2 Å². The fourth-order valence-electron chi connectivity index (χ4n) is 2.32. The van der Waals surface area contributed by atoms with E-state index >= 15 is 0 Å². The van der Waals surface area contributed by atoms with Crippen LogP contribution in [-0.2, 0) is 0 Å². The van der Waals surface area contributed by atoms with Crippen LogP contribution in [0.3, 0.4) is 0 Å². The molecule has 0 saturated heterocycles. The Kier molecular flexibility index (Phi) is 2.61. The van der Waals surface area contributed by atoms with Gasteiger partial charge in [-0.1, -0.05) is 0 Å². The molecule has 0 aromatic heterocycles. The van der Waals surface area contributed by atoms with Gasteiger partial charge in [0.25, 0.3) is 5.69 Å². The highest BCUT2D eigenvalue weighted by atomic mass is 16.6. The number of nitrogens with two attached hydrogens (primary N) is 1. The first-order valence-corrected chi connectivity index (χ1v) is 6.45. The average molecular weight is 247 g/mol. The van der Waals surface area contributed by atoms with E-state index in [1.165, 1.54) is 31.7 Å². The first kappa shape index (κ1) is 11.3. The van der Waals surface area contributed by atoms with Gasteiger partial charge in [-0.3, -0.25) is 10.1 Å². The Labute approximate surface area is 106 Å². The van der Waals surface area contributed by atoms with Gasteiger partial charge in [0.15, 0.2) is 0 Å². The standard InChI is InChI=1S/C13H17N3O2/c14-12-7-11(5-6-13(12)16(17)18)15(10-3-4-10)8-9-1-2-9/h5-7,9-10H,1-4,8,14H2. The van der Waals surface area contributed by atoms with Crippen molar-refractivity contribution in [3.8, 4) is 0 Å². The van der Waals surface area contributed by atoms with Crippen molar-refractivity contribution in [1.29, 1.82) is 0 Å². The van der Waals surface area contributed by atoms with E-state index in [2.05, 4.69) is 4.90 Å². The van der Waals surface area contributed by atoms with Gasteiger partial charge in [-0.2, -0.15) is 0 Å². The van der Waals surface area contributed by atoms with Crippen LogP contribution in [0.5, 0.6) is 0 Å². The maximum atomic E-state index is 10.7. The van der Waals surface area contributed by atoms with Gasteiger partial charge in [0.1, 0.15) is 5.69 Å². The molecule has 18 heavy (non-hydrogen) atoms. The molecule has 0 amide bonds. The second-order valence-electron chi connectivity index (χ2n) is 5.33. The molecule has 0 spiro atoms. The number of nitro groups is 1. The Morgan fingerprint density at radius 1 is 1.33 bits per heavy atom. The number of nitrogen functional groups attached to an aromatic ring is 1. The number of nitro benzene ring substituents is 1. The highest BCUT2D eigenvalue weighted by Crippen LogP contribution is 2.39. The van der Waals surface area contributed by atoms with Crippen LogP contribution in [0.1, 0.15) is 25.7 Å². The van der Waals surface area contributed by atoms with Crippen molar-refractivity contribution >= 4 is 17.1 Å². The summed E-state index contributed by atoms with van der Waals surface area (Å²) in [5.41, 5.74) is 7.06. The van der Waals surface area contributed by atoms with E-state index in [1.807, 2.05) is 6.07 Å². The highest BCUT2D eigenvalue weighted by Gasteiger charge is 2.34. The maximum absolute atomic E-state index is 10.7. The van der Waals surface area contributed by atoms with Crippen LogP contribution in [0.15, 0.2) is 18.2 Å². The Morgan fingerprint density at radius 3 is 2.56 bits per heavy atom. The first-order valence-electron chi connectivity index (χ1n) is 6.45. The van der Waals surface area contributed by atoms with Crippen molar-refractivity contribution in [2.75, 3.05) is 17.2 Å². The van der Waals surface area contributed by atoms with Crippen molar-refractivity contribution in [2.45, 2.75) is 31.7 Å². The third kappa shape index (κ3) is 2.25. The molecule has 0 aliphatic heterocycles. The number of anilines is 2. The zero-order valence-corrected chi connectivity index (χ0v) is 10.2. The molecule has 1 aromatic rings. The smallest absolute Gasteiger partial charge is 0.292 e. The van der Waals surface area contributed by atoms with Gasteiger partial charge >= 0.3 is 0 Å². The summed E-state index contributed by atoms with van der Waals surface area (Å²) < 4.78 is 0. The lowest BCUT2D eigenvalue weighted by atomic mass is 10.2. The Bertz CT molecular complexity index is 481. The molecule has 2 N–H and O–H groups in total. The van der Waals surface area contributed by atoms with E-state index in [9.17, 15) is 10.1 Å². The fourth-order valence-corrected chi connectivity index (χ4v) is 2.32. The molecule has 0 radical (unpaired) electrons. The van der Waals surface area contributed by atoms with Gasteiger partial charge in [-0.05, 0) is 43.7 Å². The Morgan fingerprint density at radius 2 is 2.06 bits per heavy atom. The number of hydrogen-bond acceptors (Lipinski definition) is 4. The summed E-state index contributed by atoms with van der Waals surface area (Å²) in [6.45, 7) is 1.07. The Hall–Kier alpha value is -1.78. The summed E-state index contributed by atoms with van der Waals surface area (Å²) in [6.07, 6.45) is 5.07. The van der Waals surface area contributed by atoms with Gasteiger partial charge in [-0.15, -0.1) is 0 Å². The molecule has 0 unspecified atom stereocenters. The van der Waals surface area contributed by atoms with Crippen molar-refractivity contribution in [1.82, 2.24) is 0 Å². The third-order valence-corrected chi connectivity index (χ3v) is 3.68. The van der Waals surface area contributed by atoms with Crippen molar-refractivity contribution in [3.63, 3.8) is 0 Å². The quantitative estimate of drug-likeness (QED) is 0.493. The second-order valence-corrected chi connectivity index (χ2v) is 5.33. The van der Waals surface area contributed by atoms with Crippen molar-refractivity contribution < 1.29 is 4.92 Å². The number of benzene rings is 1. The summed E-state index contributed by atoms with van der Waals surface area (Å²) in [5.74, 6) is 0.807. The molecule has 0 atom stereocenters. The molecule has 1 aromatic carbocycles. The normalized spacial score (nSPS) is 18.7. The molecule has 2 fully saturated rings. The molecule has 5 nitrogen and oxygen atoms in total. The SMILES string of the molecule is Nc1cc(N(CC2CC2)C2CC2)ccc1[N+](=O)[O-]. The van der Waals surface area contributed by atoms with Crippen molar-refractivity contribution in [3.05, 3.63) is 28.3 Å². The third-order valence-electron chi connectivity index (χ3n) is 3.68. The molecule has 96 valence electrons. The van der Waals surface area contributed by atoms with Crippen LogP contribution in [0.25, 0.3) is 0 Å². The first-order chi connectivity index (χ1) is 8.65. The molecular weight excluding hydrogens is 230 g/mol. The lowest BCUT2D eigenvalue weighted by Crippen LogP contribution is -2.28. The van der Waals surface area contributed by atoms with Crippen LogP contribution >= 0.6 is 0 Å². The van der Waals surface area contributed by atoms with Gasteiger partial charge in [0.05, 0.1) is 4.92 Å². The van der Waals surface area contributed by atoms with Crippen molar-refractivity contribution in [2.24, 2.45) is 5.92 Å². The van der Waals surface area contributed by atoms with Gasteiger partial charge < -0.3 is 10.6 Å². The van der Waals surface area contributed by atoms with Crippen LogP contribution in [0.2, 0.25) is 0 Å². The minimum Gasteiger partial charge on any atom is -0.393 e. The van der Waals surface area contributed by atoms with E-state index in [1.54, 1.807) is 6.07 Å². The lowest BCUT2D eigenvalue weighted by molar-refractivity contribution is -0.383. The van der Waals surface area contributed by atoms with E-state index in [0.29, 0.717) is 6.04 Å². The summed E-state index contributed by atoms with van der Waals surface area (Å²) >= 11 is 0. The summed E-state index contributed by atoms with van der Waals surface area (Å²) in [7, 11) is 0. The zero-order valence-electron chi connectivity index (χ0n) is 10.2. The minimum atomic E-state index is -0.429. The summed E-state index contributed by atoms with van der Waals surface area (Å²) in [4.78, 5) is 12.7. The lowest BCUT2D eigenvalue weighted by Gasteiger charge is -2.24. The molecule has 2 saturated carbocycles. The maximum Gasteiger partial charge on any atom is 0.292 e. The van der Waals surface area contributed by atoms with Gasteiger partial charge in [0, 0.05) is 24.3 Å². The minimum absolute atomic E-state index is 0.000851. The predicted octanol–water partition coefficient (Wildman–Crippen LogP) is 2.56. The van der Waals surface area contributed by atoms with E-state index in [4.69, 9.17) is 5.73 Å². The van der Waals surface area contributed by atoms with E-state index in [-0.39, 0.29) is 11.4 Å². The highest BCUT2D eigenvalue weighted by molar-refractivity contribution is 5.67. The molecule has 0 bridgehead atoms. The largest absolute Gasteiger partial charge is 0.393 e. The van der Waals surface area contributed by atoms with Crippen LogP contribution in [0, 0.1) is 16.0 Å². The molecular formula is C13H17N3O2. The zero-order chi connectivity index (χ0) is 12.7. The number of rotatable bonds is 5. The number of nitrogens with zero attached hydrogens (tertiary/aromatic N) is 2. The summed E-state index contributed by atoms with van der Waals surface area (Å²) in [6, 6.07) is 5.72. The molecule has 2 aliphatic rings. The molecule has 5 heteroatoms. The van der Waals surface area contributed by atoms with Crippen LogP contribution < -0.4 is 10.6 Å². The van der Waals surface area contributed by atoms with Crippen LogP contribution in [0.4, 0.5) is 17.1 Å². The van der Waals surface area contributed by atoms with E-state index < -0.39 is 4.92 Å². The molecule has 0 heterocycles. The summed E-state index contributed by atoms with van der Waals surface area (Å²) in [5, 5.41) is 10.7. The Balaban J connectivity index is 1.84. The van der Waals surface area contributed by atoms with Crippen LogP contribution in [-0.4, -0.2) is 17.5 Å². The molecule has 3 rings (SSSR count).